The molecule has 0 spiro atoms. The Kier molecular flexibility index (Phi) is 4.94. The van der Waals surface area contributed by atoms with Gasteiger partial charge in [-0.2, -0.15) is 0 Å². The van der Waals surface area contributed by atoms with Gasteiger partial charge in [0, 0.05) is 17.8 Å². The highest BCUT2D eigenvalue weighted by Gasteiger charge is 2.13. The number of carbonyl (C=O) groups is 1. The molecule has 0 fully saturated rings. The third-order valence-electron chi connectivity index (χ3n) is 2.31. The summed E-state index contributed by atoms with van der Waals surface area (Å²) in [4.78, 5) is 10.8. The van der Waals surface area contributed by atoms with Crippen molar-refractivity contribution in [2.75, 3.05) is 11.9 Å². The molecule has 3 N–H and O–H groups in total. The molecule has 0 aliphatic carbocycles. The molecule has 0 saturated heterocycles. The van der Waals surface area contributed by atoms with Crippen LogP contribution in [0.5, 0.6) is 0 Å². The Hall–Kier alpha value is -2.10. The van der Waals surface area contributed by atoms with Crippen LogP contribution < -0.4 is 5.32 Å². The minimum absolute atomic E-state index is 0.392. The predicted octanol–water partition coefficient (Wildman–Crippen LogP) is 2.52. The van der Waals surface area contributed by atoms with Crippen LogP contribution in [0.1, 0.15) is 18.4 Å². The lowest BCUT2D eigenvalue weighted by molar-refractivity contribution is -0.129. The maximum absolute atomic E-state index is 10.8. The van der Waals surface area contributed by atoms with Crippen molar-refractivity contribution in [1.82, 2.24) is 0 Å². The summed E-state index contributed by atoms with van der Waals surface area (Å²) in [6.45, 7) is 4.37. The summed E-state index contributed by atoms with van der Waals surface area (Å²) in [5.74, 6) is -1.22. The number of allylic oxidation sites excluding steroid dienone is 1. The van der Waals surface area contributed by atoms with Crippen molar-refractivity contribution >= 4 is 17.4 Å². The molecule has 0 heterocycles. The van der Waals surface area contributed by atoms with E-state index in [-0.39, 0.29) is 0 Å². The van der Waals surface area contributed by atoms with E-state index in [4.69, 9.17) is 10.5 Å². The molecule has 0 saturated carbocycles. The van der Waals surface area contributed by atoms with Gasteiger partial charge in [0.05, 0.1) is 0 Å². The molecular formula is C13H16N2O2. The molecule has 17 heavy (non-hydrogen) atoms. The number of carboxylic acid groups (broad SMARTS) is 1. The molecule has 0 amide bonds. The molecule has 4 heteroatoms. The SMILES string of the molecule is C=CCCCNc1ccccc1C(=N)C(=O)O. The highest BCUT2D eigenvalue weighted by molar-refractivity contribution is 6.42. The van der Waals surface area contributed by atoms with Crippen LogP contribution in [-0.4, -0.2) is 23.3 Å². The maximum Gasteiger partial charge on any atom is 0.354 e. The summed E-state index contributed by atoms with van der Waals surface area (Å²) in [5, 5.41) is 19.4. The second-order valence-electron chi connectivity index (χ2n) is 3.58. The van der Waals surface area contributed by atoms with Crippen molar-refractivity contribution in [1.29, 1.82) is 5.41 Å². The lowest BCUT2D eigenvalue weighted by atomic mass is 10.1. The Bertz CT molecular complexity index is 427. The van der Waals surface area contributed by atoms with Crippen LogP contribution in [0.25, 0.3) is 0 Å². The summed E-state index contributed by atoms with van der Waals surface area (Å²) in [7, 11) is 0. The Balaban J connectivity index is 2.74. The third kappa shape index (κ3) is 3.75. The Labute approximate surface area is 100 Å². The minimum atomic E-state index is -1.22. The predicted molar refractivity (Wildman–Crippen MR) is 68.8 cm³/mol. The molecule has 1 aromatic carbocycles. The molecule has 90 valence electrons. The van der Waals surface area contributed by atoms with E-state index in [9.17, 15) is 4.79 Å². The van der Waals surface area contributed by atoms with Crippen LogP contribution in [0.15, 0.2) is 36.9 Å². The van der Waals surface area contributed by atoms with Gasteiger partial charge < -0.3 is 10.4 Å². The molecule has 0 bridgehead atoms. The summed E-state index contributed by atoms with van der Waals surface area (Å²) < 4.78 is 0. The van der Waals surface area contributed by atoms with E-state index in [0.717, 1.165) is 19.4 Å². The highest BCUT2D eigenvalue weighted by Crippen LogP contribution is 2.15. The van der Waals surface area contributed by atoms with Crippen LogP contribution >= 0.6 is 0 Å². The number of hydrogen-bond acceptors (Lipinski definition) is 3. The van der Waals surface area contributed by atoms with Gasteiger partial charge in [-0.1, -0.05) is 24.3 Å². The topological polar surface area (TPSA) is 73.2 Å². The van der Waals surface area contributed by atoms with Gasteiger partial charge in [0.25, 0.3) is 0 Å². The number of unbranched alkanes of at least 4 members (excludes halogenated alkanes) is 1. The van der Waals surface area contributed by atoms with E-state index in [1.165, 1.54) is 0 Å². The normalized spacial score (nSPS) is 9.65. The first-order valence-corrected chi connectivity index (χ1v) is 5.43. The van der Waals surface area contributed by atoms with Gasteiger partial charge in [-0.05, 0) is 18.9 Å². The number of hydrogen-bond donors (Lipinski definition) is 3. The molecule has 0 aliphatic rings. The Morgan fingerprint density at radius 3 is 2.82 bits per heavy atom. The summed E-state index contributed by atoms with van der Waals surface area (Å²) >= 11 is 0. The van der Waals surface area contributed by atoms with Crippen molar-refractivity contribution in [3.63, 3.8) is 0 Å². The van der Waals surface area contributed by atoms with Gasteiger partial charge in [0.2, 0.25) is 0 Å². The first-order valence-electron chi connectivity index (χ1n) is 5.43. The van der Waals surface area contributed by atoms with Gasteiger partial charge in [0.1, 0.15) is 5.71 Å². The molecule has 0 atom stereocenters. The van der Waals surface area contributed by atoms with Crippen LogP contribution in [0.3, 0.4) is 0 Å². The van der Waals surface area contributed by atoms with E-state index >= 15 is 0 Å². The quantitative estimate of drug-likeness (QED) is 0.384. The Morgan fingerprint density at radius 1 is 1.47 bits per heavy atom. The van der Waals surface area contributed by atoms with Crippen LogP contribution in [0.2, 0.25) is 0 Å². The summed E-state index contributed by atoms with van der Waals surface area (Å²) in [5.41, 5.74) is 0.708. The fourth-order valence-electron chi connectivity index (χ4n) is 1.44. The first kappa shape index (κ1) is 13.0. The third-order valence-corrected chi connectivity index (χ3v) is 2.31. The molecule has 1 aromatic rings. The van der Waals surface area contributed by atoms with Crippen LogP contribution in [0, 0.1) is 5.41 Å². The molecule has 0 unspecified atom stereocenters. The van der Waals surface area contributed by atoms with Gasteiger partial charge in [-0.15, -0.1) is 6.58 Å². The van der Waals surface area contributed by atoms with E-state index in [1.807, 2.05) is 12.1 Å². The monoisotopic (exact) mass is 232 g/mol. The average molecular weight is 232 g/mol. The van der Waals surface area contributed by atoms with Gasteiger partial charge in [0.15, 0.2) is 0 Å². The van der Waals surface area contributed by atoms with Crippen LogP contribution in [0.4, 0.5) is 5.69 Å². The molecule has 0 aliphatic heterocycles. The summed E-state index contributed by atoms with van der Waals surface area (Å²) in [6, 6.07) is 6.95. The minimum Gasteiger partial charge on any atom is -0.477 e. The van der Waals surface area contributed by atoms with Gasteiger partial charge >= 0.3 is 5.97 Å². The zero-order valence-electron chi connectivity index (χ0n) is 9.57. The molecule has 0 aromatic heterocycles. The fraction of sp³-hybridized carbons (Fsp3) is 0.231. The molecular weight excluding hydrogens is 216 g/mol. The van der Waals surface area contributed by atoms with Crippen molar-refractivity contribution in [3.8, 4) is 0 Å². The van der Waals surface area contributed by atoms with E-state index in [2.05, 4.69) is 11.9 Å². The lowest BCUT2D eigenvalue weighted by Gasteiger charge is -2.10. The van der Waals surface area contributed by atoms with E-state index in [1.54, 1.807) is 18.2 Å². The van der Waals surface area contributed by atoms with Crippen molar-refractivity contribution in [2.45, 2.75) is 12.8 Å². The van der Waals surface area contributed by atoms with E-state index in [0.29, 0.717) is 11.3 Å². The number of para-hydroxylation sites is 1. The number of benzene rings is 1. The first-order chi connectivity index (χ1) is 8.16. The smallest absolute Gasteiger partial charge is 0.354 e. The fourth-order valence-corrected chi connectivity index (χ4v) is 1.44. The summed E-state index contributed by atoms with van der Waals surface area (Å²) in [6.07, 6.45) is 3.68. The van der Waals surface area contributed by atoms with Crippen LogP contribution in [-0.2, 0) is 4.79 Å². The van der Waals surface area contributed by atoms with Gasteiger partial charge in [-0.3, -0.25) is 5.41 Å². The zero-order valence-corrected chi connectivity index (χ0v) is 9.57. The lowest BCUT2D eigenvalue weighted by Crippen LogP contribution is -2.15. The number of anilines is 1. The van der Waals surface area contributed by atoms with Crippen molar-refractivity contribution in [3.05, 3.63) is 42.5 Å². The van der Waals surface area contributed by atoms with E-state index < -0.39 is 11.7 Å². The number of carboxylic acids is 1. The van der Waals surface area contributed by atoms with Crippen molar-refractivity contribution in [2.24, 2.45) is 0 Å². The maximum atomic E-state index is 10.8. The highest BCUT2D eigenvalue weighted by atomic mass is 16.4. The Morgan fingerprint density at radius 2 is 2.18 bits per heavy atom. The number of aliphatic carboxylic acids is 1. The molecule has 4 nitrogen and oxygen atoms in total. The van der Waals surface area contributed by atoms with Gasteiger partial charge in [-0.25, -0.2) is 4.79 Å². The zero-order chi connectivity index (χ0) is 12.7. The average Bonchev–Trinajstić information content (AvgIpc) is 2.34. The largest absolute Gasteiger partial charge is 0.477 e. The number of rotatable bonds is 7. The molecule has 0 radical (unpaired) electrons. The second kappa shape index (κ2) is 6.48. The standard InChI is InChI=1S/C13H16N2O2/c1-2-3-6-9-15-11-8-5-4-7-10(11)12(14)13(16)17/h2,4-5,7-8,14-15H,1,3,6,9H2,(H,16,17). The number of nitrogens with one attached hydrogen (secondary N) is 2. The second-order valence-corrected chi connectivity index (χ2v) is 3.58. The molecule has 1 rings (SSSR count). The van der Waals surface area contributed by atoms with Crippen molar-refractivity contribution < 1.29 is 9.90 Å².